The first-order chi connectivity index (χ1) is 13.9. The Morgan fingerprint density at radius 1 is 0.966 bits per heavy atom. The molecule has 2 N–H and O–H groups in total. The number of aromatic hydroxyl groups is 1. The summed E-state index contributed by atoms with van der Waals surface area (Å²) >= 11 is 12.2. The molecule has 2 aromatic carbocycles. The Hall–Kier alpha value is -2.01. The fourth-order valence-corrected chi connectivity index (χ4v) is 4.63. The second-order valence-electron chi connectivity index (χ2n) is 7.99. The lowest BCUT2D eigenvalue weighted by Gasteiger charge is -2.33. The number of nitrogens with zero attached hydrogens (tertiary/aromatic N) is 2. The molecule has 0 bridgehead atoms. The fraction of sp³-hybridized carbons (Fsp3) is 0.348. The first kappa shape index (κ1) is 20.3. The van der Waals surface area contributed by atoms with E-state index in [1.54, 1.807) is 12.1 Å². The van der Waals surface area contributed by atoms with Gasteiger partial charge in [-0.05, 0) is 81.2 Å². The first-order valence-electron chi connectivity index (χ1n) is 9.92. The van der Waals surface area contributed by atoms with Gasteiger partial charge in [-0.3, -0.25) is 4.98 Å². The van der Waals surface area contributed by atoms with E-state index in [4.69, 9.17) is 23.2 Å². The highest BCUT2D eigenvalue weighted by molar-refractivity contribution is 6.37. The number of hydrogen-bond acceptors (Lipinski definition) is 4. The second kappa shape index (κ2) is 8.39. The lowest BCUT2D eigenvalue weighted by atomic mass is 9.90. The molecule has 3 aromatic rings. The molecule has 6 heteroatoms. The number of rotatable bonds is 4. The number of phenols is 1. The minimum absolute atomic E-state index is 0.0878. The predicted octanol–water partition coefficient (Wildman–Crippen LogP) is 6.20. The van der Waals surface area contributed by atoms with Crippen LogP contribution in [0.2, 0.25) is 10.0 Å². The van der Waals surface area contributed by atoms with Gasteiger partial charge in [-0.1, -0.05) is 29.3 Å². The summed E-state index contributed by atoms with van der Waals surface area (Å²) in [6.07, 6.45) is 6.60. The summed E-state index contributed by atoms with van der Waals surface area (Å²) in [5.74, 6) is -0.0878. The van der Waals surface area contributed by atoms with Crippen molar-refractivity contribution in [1.29, 1.82) is 0 Å². The maximum absolute atomic E-state index is 9.84. The van der Waals surface area contributed by atoms with Crippen molar-refractivity contribution in [3.05, 3.63) is 52.6 Å². The maximum atomic E-state index is 9.84. The Labute approximate surface area is 181 Å². The van der Waals surface area contributed by atoms with Crippen molar-refractivity contribution in [2.24, 2.45) is 0 Å². The predicted molar refractivity (Wildman–Crippen MR) is 122 cm³/mol. The number of benzene rings is 2. The quantitative estimate of drug-likeness (QED) is 0.518. The summed E-state index contributed by atoms with van der Waals surface area (Å²) in [4.78, 5) is 6.85. The van der Waals surface area contributed by atoms with Crippen molar-refractivity contribution in [1.82, 2.24) is 9.88 Å². The normalized spacial score (nSPS) is 19.6. The van der Waals surface area contributed by atoms with Gasteiger partial charge in [0, 0.05) is 29.4 Å². The van der Waals surface area contributed by atoms with E-state index >= 15 is 0 Å². The Balaban J connectivity index is 1.63. The minimum Gasteiger partial charge on any atom is -0.505 e. The van der Waals surface area contributed by atoms with Gasteiger partial charge >= 0.3 is 0 Å². The molecule has 0 unspecified atom stereocenters. The summed E-state index contributed by atoms with van der Waals surface area (Å²) in [5, 5.41) is 15.1. The van der Waals surface area contributed by atoms with E-state index in [-0.39, 0.29) is 15.8 Å². The van der Waals surface area contributed by atoms with Crippen LogP contribution < -0.4 is 5.32 Å². The van der Waals surface area contributed by atoms with E-state index in [1.165, 1.54) is 12.8 Å². The molecular weight excluding hydrogens is 405 g/mol. The van der Waals surface area contributed by atoms with Crippen LogP contribution in [0.4, 0.5) is 5.69 Å². The maximum Gasteiger partial charge on any atom is 0.152 e. The third-order valence-electron chi connectivity index (χ3n) is 5.88. The van der Waals surface area contributed by atoms with Crippen molar-refractivity contribution in [3.63, 3.8) is 0 Å². The van der Waals surface area contributed by atoms with Gasteiger partial charge in [-0.15, -0.1) is 0 Å². The number of fused-ring (bicyclic) bond motifs is 1. The second-order valence-corrected chi connectivity index (χ2v) is 8.81. The van der Waals surface area contributed by atoms with Gasteiger partial charge in [0.05, 0.1) is 15.6 Å². The van der Waals surface area contributed by atoms with Crippen LogP contribution in [0.5, 0.6) is 5.75 Å². The van der Waals surface area contributed by atoms with Gasteiger partial charge in [0.2, 0.25) is 0 Å². The average Bonchev–Trinajstić information content (AvgIpc) is 2.72. The molecule has 0 aliphatic heterocycles. The number of anilines is 1. The topological polar surface area (TPSA) is 48.4 Å². The van der Waals surface area contributed by atoms with Crippen LogP contribution in [0.1, 0.15) is 25.7 Å². The molecular formula is C23H25Cl2N3O. The summed E-state index contributed by atoms with van der Waals surface area (Å²) in [7, 11) is 4.33. The van der Waals surface area contributed by atoms with Crippen LogP contribution in [0, 0.1) is 0 Å². The fourth-order valence-electron chi connectivity index (χ4n) is 4.14. The number of pyridine rings is 1. The Kier molecular flexibility index (Phi) is 5.86. The number of aromatic nitrogens is 1. The highest BCUT2D eigenvalue weighted by Crippen LogP contribution is 2.38. The molecule has 0 atom stereocenters. The Bertz CT molecular complexity index is 1010. The summed E-state index contributed by atoms with van der Waals surface area (Å²) in [6, 6.07) is 12.8. The molecule has 1 aliphatic carbocycles. The average molecular weight is 430 g/mol. The Morgan fingerprint density at radius 2 is 1.66 bits per heavy atom. The molecule has 4 rings (SSSR count). The van der Waals surface area contributed by atoms with E-state index in [9.17, 15) is 5.11 Å². The molecule has 0 saturated heterocycles. The van der Waals surface area contributed by atoms with Gasteiger partial charge in [0.1, 0.15) is 0 Å². The molecule has 0 spiro atoms. The molecule has 0 amide bonds. The lowest BCUT2D eigenvalue weighted by molar-refractivity contribution is 0.221. The molecule has 0 radical (unpaired) electrons. The van der Waals surface area contributed by atoms with Crippen LogP contribution in [-0.2, 0) is 0 Å². The van der Waals surface area contributed by atoms with Gasteiger partial charge < -0.3 is 15.3 Å². The standard InChI is InChI=1S/C23H25Cl2N3O/c1-28(2)17-6-4-16(5-7-17)27-22-9-10-26-21-8-3-14(11-18(21)22)15-12-19(24)23(29)20(25)13-15/h3,8-13,16-17,29H,4-7H2,1-2H3,(H,26,27). The molecule has 1 fully saturated rings. The largest absolute Gasteiger partial charge is 0.505 e. The zero-order valence-electron chi connectivity index (χ0n) is 16.6. The van der Waals surface area contributed by atoms with Crippen molar-refractivity contribution in [2.75, 3.05) is 19.4 Å². The molecule has 1 aromatic heterocycles. The molecule has 1 heterocycles. The molecule has 1 aliphatic rings. The number of hydrogen-bond donors (Lipinski definition) is 2. The zero-order valence-corrected chi connectivity index (χ0v) is 18.1. The van der Waals surface area contributed by atoms with Crippen LogP contribution in [-0.4, -0.2) is 41.2 Å². The highest BCUT2D eigenvalue weighted by atomic mass is 35.5. The van der Waals surface area contributed by atoms with E-state index in [0.29, 0.717) is 12.1 Å². The monoisotopic (exact) mass is 429 g/mol. The highest BCUT2D eigenvalue weighted by Gasteiger charge is 2.22. The van der Waals surface area contributed by atoms with Crippen LogP contribution >= 0.6 is 23.2 Å². The number of nitrogens with one attached hydrogen (secondary N) is 1. The van der Waals surface area contributed by atoms with Crippen LogP contribution in [0.15, 0.2) is 42.6 Å². The molecule has 4 nitrogen and oxygen atoms in total. The number of halogens is 2. The van der Waals surface area contributed by atoms with E-state index in [2.05, 4.69) is 35.4 Å². The van der Waals surface area contributed by atoms with Crippen LogP contribution in [0.25, 0.3) is 22.0 Å². The van der Waals surface area contributed by atoms with E-state index < -0.39 is 0 Å². The third-order valence-corrected chi connectivity index (χ3v) is 6.45. The van der Waals surface area contributed by atoms with Gasteiger partial charge in [0.15, 0.2) is 5.75 Å². The Morgan fingerprint density at radius 3 is 2.31 bits per heavy atom. The smallest absolute Gasteiger partial charge is 0.152 e. The van der Waals surface area contributed by atoms with E-state index in [1.807, 2.05) is 24.4 Å². The zero-order chi connectivity index (χ0) is 20.5. The lowest BCUT2D eigenvalue weighted by Crippen LogP contribution is -2.36. The van der Waals surface area contributed by atoms with Gasteiger partial charge in [-0.25, -0.2) is 0 Å². The number of phenolic OH excluding ortho intramolecular Hbond substituents is 1. The minimum atomic E-state index is -0.0878. The van der Waals surface area contributed by atoms with Gasteiger partial charge in [-0.2, -0.15) is 0 Å². The van der Waals surface area contributed by atoms with Crippen molar-refractivity contribution in [3.8, 4) is 16.9 Å². The summed E-state index contributed by atoms with van der Waals surface area (Å²) in [6.45, 7) is 0. The summed E-state index contributed by atoms with van der Waals surface area (Å²) < 4.78 is 0. The first-order valence-corrected chi connectivity index (χ1v) is 10.7. The van der Waals surface area contributed by atoms with E-state index in [0.717, 1.165) is 40.6 Å². The summed E-state index contributed by atoms with van der Waals surface area (Å²) in [5.41, 5.74) is 3.88. The molecule has 152 valence electrons. The molecule has 29 heavy (non-hydrogen) atoms. The molecule has 1 saturated carbocycles. The van der Waals surface area contributed by atoms with Crippen molar-refractivity contribution >= 4 is 39.8 Å². The van der Waals surface area contributed by atoms with Crippen molar-refractivity contribution in [2.45, 2.75) is 37.8 Å². The van der Waals surface area contributed by atoms with Gasteiger partial charge in [0.25, 0.3) is 0 Å². The SMILES string of the molecule is CN(C)C1CCC(Nc2ccnc3ccc(-c4cc(Cl)c(O)c(Cl)c4)cc23)CC1. The third kappa shape index (κ3) is 4.30. The van der Waals surface area contributed by atoms with Crippen LogP contribution in [0.3, 0.4) is 0 Å². The van der Waals surface area contributed by atoms with Crippen molar-refractivity contribution < 1.29 is 5.11 Å².